The van der Waals surface area contributed by atoms with Gasteiger partial charge in [0, 0.05) is 24.4 Å². The van der Waals surface area contributed by atoms with Crippen LogP contribution in [0.3, 0.4) is 0 Å². The van der Waals surface area contributed by atoms with Crippen LogP contribution in [0, 0.1) is 0 Å². The standard InChI is InChI=1S/C12H24N2S/c13-11-12(5-2-1-3-6-12)14-7-4-9-15-10-8-14/h1-11,13H2. The van der Waals surface area contributed by atoms with E-state index in [-0.39, 0.29) is 0 Å². The van der Waals surface area contributed by atoms with Crippen molar-refractivity contribution in [2.24, 2.45) is 5.73 Å². The summed E-state index contributed by atoms with van der Waals surface area (Å²) in [6.45, 7) is 3.42. The second-order valence-electron chi connectivity index (χ2n) is 4.94. The van der Waals surface area contributed by atoms with Gasteiger partial charge >= 0.3 is 0 Å². The molecule has 0 bridgehead atoms. The molecule has 0 unspecified atom stereocenters. The highest BCUT2D eigenvalue weighted by Crippen LogP contribution is 2.34. The van der Waals surface area contributed by atoms with Crippen LogP contribution in [-0.4, -0.2) is 41.6 Å². The predicted octanol–water partition coefficient (Wildman–Crippen LogP) is 2.09. The van der Waals surface area contributed by atoms with Gasteiger partial charge in [0.15, 0.2) is 0 Å². The van der Waals surface area contributed by atoms with Crippen LogP contribution in [0.5, 0.6) is 0 Å². The third kappa shape index (κ3) is 2.69. The number of nitrogens with two attached hydrogens (primary N) is 1. The SMILES string of the molecule is NCC1(N2CCCSCC2)CCCCC1. The normalized spacial score (nSPS) is 28.6. The third-order valence-electron chi connectivity index (χ3n) is 4.06. The molecule has 0 atom stereocenters. The molecular weight excluding hydrogens is 204 g/mol. The van der Waals surface area contributed by atoms with Gasteiger partial charge in [-0.2, -0.15) is 11.8 Å². The molecule has 2 rings (SSSR count). The molecule has 15 heavy (non-hydrogen) atoms. The Bertz CT molecular complexity index is 182. The van der Waals surface area contributed by atoms with Crippen molar-refractivity contribution in [1.82, 2.24) is 4.90 Å². The Labute approximate surface area is 98.0 Å². The van der Waals surface area contributed by atoms with E-state index in [0.717, 1.165) is 6.54 Å². The number of nitrogens with zero attached hydrogens (tertiary/aromatic N) is 1. The Kier molecular flexibility index (Phi) is 4.35. The first-order chi connectivity index (χ1) is 7.37. The Morgan fingerprint density at radius 2 is 1.80 bits per heavy atom. The fourth-order valence-corrected chi connectivity index (χ4v) is 3.97. The summed E-state index contributed by atoms with van der Waals surface area (Å²) < 4.78 is 0. The summed E-state index contributed by atoms with van der Waals surface area (Å²) in [7, 11) is 0. The van der Waals surface area contributed by atoms with Gasteiger partial charge in [-0.05, 0) is 31.6 Å². The maximum absolute atomic E-state index is 6.07. The molecule has 1 saturated heterocycles. The van der Waals surface area contributed by atoms with Crippen molar-refractivity contribution in [3.8, 4) is 0 Å². The largest absolute Gasteiger partial charge is 0.329 e. The van der Waals surface area contributed by atoms with Gasteiger partial charge in [0.05, 0.1) is 0 Å². The van der Waals surface area contributed by atoms with Gasteiger partial charge in [0.1, 0.15) is 0 Å². The lowest BCUT2D eigenvalue weighted by molar-refractivity contribution is 0.0645. The Morgan fingerprint density at radius 1 is 1.00 bits per heavy atom. The van der Waals surface area contributed by atoms with Gasteiger partial charge in [-0.15, -0.1) is 0 Å². The van der Waals surface area contributed by atoms with E-state index in [0.29, 0.717) is 5.54 Å². The highest BCUT2D eigenvalue weighted by atomic mass is 32.2. The second kappa shape index (κ2) is 5.55. The van der Waals surface area contributed by atoms with Crippen molar-refractivity contribution >= 4 is 11.8 Å². The molecule has 3 heteroatoms. The Hall–Kier alpha value is 0.270. The van der Waals surface area contributed by atoms with Gasteiger partial charge in [-0.1, -0.05) is 19.3 Å². The van der Waals surface area contributed by atoms with Crippen LogP contribution < -0.4 is 5.73 Å². The second-order valence-corrected chi connectivity index (χ2v) is 6.17. The zero-order valence-corrected chi connectivity index (χ0v) is 10.5. The Balaban J connectivity index is 2.01. The lowest BCUT2D eigenvalue weighted by Crippen LogP contribution is -2.55. The molecule has 2 nitrogen and oxygen atoms in total. The molecule has 1 saturated carbocycles. The lowest BCUT2D eigenvalue weighted by atomic mass is 9.80. The minimum Gasteiger partial charge on any atom is -0.329 e. The van der Waals surface area contributed by atoms with Crippen molar-refractivity contribution in [3.63, 3.8) is 0 Å². The monoisotopic (exact) mass is 228 g/mol. The van der Waals surface area contributed by atoms with Crippen LogP contribution in [0.4, 0.5) is 0 Å². The minimum absolute atomic E-state index is 0.378. The topological polar surface area (TPSA) is 29.3 Å². The summed E-state index contributed by atoms with van der Waals surface area (Å²) in [5, 5.41) is 0. The van der Waals surface area contributed by atoms with Crippen LogP contribution in [0.25, 0.3) is 0 Å². The first kappa shape index (κ1) is 11.7. The van der Waals surface area contributed by atoms with Crippen LogP contribution in [-0.2, 0) is 0 Å². The molecule has 0 radical (unpaired) electrons. The van der Waals surface area contributed by atoms with Crippen LogP contribution in [0.2, 0.25) is 0 Å². The number of hydrogen-bond donors (Lipinski definition) is 1. The molecule has 2 N–H and O–H groups in total. The fourth-order valence-electron chi connectivity index (χ4n) is 3.08. The molecule has 1 aliphatic carbocycles. The molecule has 0 aromatic rings. The number of rotatable bonds is 2. The summed E-state index contributed by atoms with van der Waals surface area (Å²) in [4.78, 5) is 2.71. The van der Waals surface area contributed by atoms with Crippen LogP contribution >= 0.6 is 11.8 Å². The van der Waals surface area contributed by atoms with Crippen molar-refractivity contribution in [1.29, 1.82) is 0 Å². The van der Waals surface area contributed by atoms with E-state index in [2.05, 4.69) is 16.7 Å². The lowest BCUT2D eigenvalue weighted by Gasteiger charge is -2.45. The van der Waals surface area contributed by atoms with Gasteiger partial charge in [-0.25, -0.2) is 0 Å². The van der Waals surface area contributed by atoms with E-state index < -0.39 is 0 Å². The van der Waals surface area contributed by atoms with E-state index >= 15 is 0 Å². The van der Waals surface area contributed by atoms with Gasteiger partial charge in [0.2, 0.25) is 0 Å². The first-order valence-corrected chi connectivity index (χ1v) is 7.56. The van der Waals surface area contributed by atoms with Crippen molar-refractivity contribution < 1.29 is 0 Å². The summed E-state index contributed by atoms with van der Waals surface area (Å²) in [6.07, 6.45) is 8.24. The van der Waals surface area contributed by atoms with Crippen LogP contribution in [0.1, 0.15) is 38.5 Å². The van der Waals surface area contributed by atoms with Crippen molar-refractivity contribution in [2.45, 2.75) is 44.1 Å². The third-order valence-corrected chi connectivity index (χ3v) is 5.11. The number of hydrogen-bond acceptors (Lipinski definition) is 3. The molecule has 1 heterocycles. The molecule has 0 spiro atoms. The minimum atomic E-state index is 0.378. The summed E-state index contributed by atoms with van der Waals surface area (Å²) in [5.74, 6) is 2.65. The zero-order valence-electron chi connectivity index (χ0n) is 9.71. The molecule has 2 fully saturated rings. The predicted molar refractivity (Wildman–Crippen MR) is 68.4 cm³/mol. The average Bonchev–Trinajstić information content (AvgIpc) is 2.59. The maximum Gasteiger partial charge on any atom is 0.0332 e. The highest BCUT2D eigenvalue weighted by Gasteiger charge is 2.36. The quantitative estimate of drug-likeness (QED) is 0.785. The van der Waals surface area contributed by atoms with E-state index in [1.54, 1.807) is 0 Å². The van der Waals surface area contributed by atoms with Gasteiger partial charge < -0.3 is 5.73 Å². The van der Waals surface area contributed by atoms with E-state index in [4.69, 9.17) is 5.73 Å². The molecule has 2 aliphatic rings. The first-order valence-electron chi connectivity index (χ1n) is 6.40. The average molecular weight is 228 g/mol. The van der Waals surface area contributed by atoms with Crippen molar-refractivity contribution in [3.05, 3.63) is 0 Å². The van der Waals surface area contributed by atoms with E-state index in [1.165, 1.54) is 63.1 Å². The smallest absolute Gasteiger partial charge is 0.0332 e. The zero-order chi connectivity index (χ0) is 10.6. The molecule has 0 amide bonds. The molecule has 0 aromatic carbocycles. The summed E-state index contributed by atoms with van der Waals surface area (Å²) in [6, 6.07) is 0. The molecular formula is C12H24N2S. The van der Waals surface area contributed by atoms with Gasteiger partial charge in [0.25, 0.3) is 0 Å². The molecule has 88 valence electrons. The van der Waals surface area contributed by atoms with Gasteiger partial charge in [-0.3, -0.25) is 4.90 Å². The molecule has 0 aromatic heterocycles. The fraction of sp³-hybridized carbons (Fsp3) is 1.00. The summed E-state index contributed by atoms with van der Waals surface area (Å²) in [5.41, 5.74) is 6.45. The Morgan fingerprint density at radius 3 is 2.53 bits per heavy atom. The van der Waals surface area contributed by atoms with Crippen molar-refractivity contribution in [2.75, 3.05) is 31.1 Å². The number of thioether (sulfide) groups is 1. The summed E-state index contributed by atoms with van der Waals surface area (Å²) >= 11 is 2.11. The maximum atomic E-state index is 6.07. The molecule has 1 aliphatic heterocycles. The van der Waals surface area contributed by atoms with E-state index in [1.807, 2.05) is 0 Å². The van der Waals surface area contributed by atoms with Crippen LogP contribution in [0.15, 0.2) is 0 Å². The van der Waals surface area contributed by atoms with E-state index in [9.17, 15) is 0 Å². The highest BCUT2D eigenvalue weighted by molar-refractivity contribution is 7.99.